The molecule has 1 radical (unpaired) electrons. The van der Waals surface area contributed by atoms with Gasteiger partial charge in [-0.25, -0.2) is 0 Å². The Morgan fingerprint density at radius 3 is 2.33 bits per heavy atom. The van der Waals surface area contributed by atoms with E-state index in [-0.39, 0.29) is 5.75 Å². The Labute approximate surface area is 97.9 Å². The van der Waals surface area contributed by atoms with Crippen molar-refractivity contribution in [3.63, 3.8) is 0 Å². The predicted octanol–water partition coefficient (Wildman–Crippen LogP) is 4.80. The topological polar surface area (TPSA) is 19.9 Å². The van der Waals surface area contributed by atoms with E-state index >= 15 is 0 Å². The van der Waals surface area contributed by atoms with Crippen molar-refractivity contribution in [2.75, 3.05) is 0 Å². The lowest BCUT2D eigenvalue weighted by molar-refractivity contribution is 0.356. The summed E-state index contributed by atoms with van der Waals surface area (Å²) in [7, 11) is 0. The minimum absolute atomic E-state index is 0.0540. The van der Waals surface area contributed by atoms with E-state index in [4.69, 9.17) is 23.2 Å². The summed E-state index contributed by atoms with van der Waals surface area (Å²) in [4.78, 5) is 0. The van der Waals surface area contributed by atoms with Gasteiger partial charge in [-0.3, -0.25) is 5.11 Å². The molecule has 0 aliphatic carbocycles. The van der Waals surface area contributed by atoms with Crippen molar-refractivity contribution in [3.05, 3.63) is 52.5 Å². The molecule has 0 N–H and O–H groups in total. The molecule has 1 nitrogen and oxygen atoms in total. The second-order valence-electron chi connectivity index (χ2n) is 3.15. The highest BCUT2D eigenvalue weighted by atomic mass is 35.5. The van der Waals surface area contributed by atoms with Crippen molar-refractivity contribution in [1.29, 1.82) is 0 Å². The van der Waals surface area contributed by atoms with Crippen molar-refractivity contribution < 1.29 is 5.11 Å². The molecular formula is C12H7Cl2O. The van der Waals surface area contributed by atoms with E-state index < -0.39 is 0 Å². The van der Waals surface area contributed by atoms with Crippen LogP contribution < -0.4 is 0 Å². The molecule has 0 unspecified atom stereocenters. The van der Waals surface area contributed by atoms with Gasteiger partial charge in [0.05, 0.1) is 0 Å². The van der Waals surface area contributed by atoms with Crippen molar-refractivity contribution in [2.24, 2.45) is 0 Å². The van der Waals surface area contributed by atoms with Gasteiger partial charge in [0.25, 0.3) is 0 Å². The summed E-state index contributed by atoms with van der Waals surface area (Å²) in [6, 6.07) is 11.8. The summed E-state index contributed by atoms with van der Waals surface area (Å²) >= 11 is 11.7. The Hall–Kier alpha value is -1.18. The molecule has 15 heavy (non-hydrogen) atoms. The Morgan fingerprint density at radius 1 is 0.867 bits per heavy atom. The van der Waals surface area contributed by atoms with Crippen LogP contribution in [0.2, 0.25) is 10.0 Å². The number of halogens is 2. The first-order chi connectivity index (χ1) is 7.16. The predicted molar refractivity (Wildman–Crippen MR) is 62.0 cm³/mol. The van der Waals surface area contributed by atoms with Crippen LogP contribution in [0.1, 0.15) is 0 Å². The minimum atomic E-state index is -0.0540. The van der Waals surface area contributed by atoms with Crippen molar-refractivity contribution in [3.8, 4) is 16.9 Å². The van der Waals surface area contributed by atoms with Crippen LogP contribution in [0.25, 0.3) is 11.1 Å². The highest BCUT2D eigenvalue weighted by Crippen LogP contribution is 2.33. The number of hydrogen-bond donors (Lipinski definition) is 0. The molecule has 0 aliphatic rings. The first-order valence-corrected chi connectivity index (χ1v) is 5.15. The van der Waals surface area contributed by atoms with Gasteiger partial charge >= 0.3 is 0 Å². The van der Waals surface area contributed by atoms with E-state index in [1.165, 1.54) is 6.07 Å². The Balaban J connectivity index is 2.58. The van der Waals surface area contributed by atoms with Gasteiger partial charge in [0, 0.05) is 15.6 Å². The van der Waals surface area contributed by atoms with Gasteiger partial charge in [-0.2, -0.15) is 0 Å². The molecule has 3 heteroatoms. The lowest BCUT2D eigenvalue weighted by Crippen LogP contribution is -1.78. The second kappa shape index (κ2) is 4.13. The van der Waals surface area contributed by atoms with Crippen LogP contribution in [-0.2, 0) is 5.11 Å². The summed E-state index contributed by atoms with van der Waals surface area (Å²) in [5, 5.41) is 12.7. The maximum Gasteiger partial charge on any atom is 0.186 e. The summed E-state index contributed by atoms with van der Waals surface area (Å²) in [6.45, 7) is 0. The number of hydrogen-bond acceptors (Lipinski definition) is 0. The van der Waals surface area contributed by atoms with Crippen LogP contribution in [0.4, 0.5) is 0 Å². The quantitative estimate of drug-likeness (QED) is 0.679. The highest BCUT2D eigenvalue weighted by molar-refractivity contribution is 6.31. The zero-order valence-electron chi connectivity index (χ0n) is 7.71. The fraction of sp³-hybridized carbons (Fsp3) is 0. The lowest BCUT2D eigenvalue weighted by Gasteiger charge is -2.03. The third-order valence-electron chi connectivity index (χ3n) is 2.08. The maximum absolute atomic E-state index is 11.6. The van der Waals surface area contributed by atoms with Crippen LogP contribution in [0, 0.1) is 0 Å². The standard InChI is InChI=1S/C12H7Cl2O/c13-9-3-1-2-8(6-9)11-7-10(14)4-5-12(11)15/h1-7H. The molecule has 0 aliphatic heterocycles. The molecule has 2 rings (SSSR count). The van der Waals surface area contributed by atoms with Gasteiger partial charge in [0.2, 0.25) is 0 Å². The van der Waals surface area contributed by atoms with Gasteiger partial charge in [0.15, 0.2) is 5.75 Å². The van der Waals surface area contributed by atoms with Gasteiger partial charge in [0.1, 0.15) is 0 Å². The average molecular weight is 238 g/mol. The molecule has 0 bridgehead atoms. The minimum Gasteiger partial charge on any atom is -0.289 e. The van der Waals surface area contributed by atoms with Crippen LogP contribution in [-0.4, -0.2) is 0 Å². The van der Waals surface area contributed by atoms with Crippen LogP contribution in [0.15, 0.2) is 42.5 Å². The fourth-order valence-electron chi connectivity index (χ4n) is 1.38. The van der Waals surface area contributed by atoms with E-state index in [0.29, 0.717) is 15.6 Å². The highest BCUT2D eigenvalue weighted by Gasteiger charge is 2.06. The average Bonchev–Trinajstić information content (AvgIpc) is 2.22. The Kier molecular flexibility index (Phi) is 2.85. The third-order valence-corrected chi connectivity index (χ3v) is 2.55. The lowest BCUT2D eigenvalue weighted by atomic mass is 10.1. The van der Waals surface area contributed by atoms with Gasteiger partial charge in [-0.15, -0.1) is 0 Å². The van der Waals surface area contributed by atoms with E-state index in [9.17, 15) is 5.11 Å². The molecule has 2 aromatic carbocycles. The zero-order valence-corrected chi connectivity index (χ0v) is 9.22. The Morgan fingerprint density at radius 2 is 1.60 bits per heavy atom. The molecule has 0 amide bonds. The molecule has 0 aromatic heterocycles. The first-order valence-electron chi connectivity index (χ1n) is 4.39. The summed E-state index contributed by atoms with van der Waals surface area (Å²) in [5.74, 6) is -0.0540. The molecule has 0 atom stereocenters. The van der Waals surface area contributed by atoms with E-state index in [0.717, 1.165) is 5.56 Å². The van der Waals surface area contributed by atoms with E-state index in [1.807, 2.05) is 6.07 Å². The van der Waals surface area contributed by atoms with E-state index in [2.05, 4.69) is 0 Å². The summed E-state index contributed by atoms with van der Waals surface area (Å²) < 4.78 is 0. The van der Waals surface area contributed by atoms with Crippen LogP contribution >= 0.6 is 23.2 Å². The van der Waals surface area contributed by atoms with Gasteiger partial charge < -0.3 is 0 Å². The Bertz CT molecular complexity index is 495. The first kappa shape index (κ1) is 10.3. The van der Waals surface area contributed by atoms with Crippen LogP contribution in [0.3, 0.4) is 0 Å². The molecule has 0 fully saturated rings. The van der Waals surface area contributed by atoms with E-state index in [1.54, 1.807) is 30.3 Å². The third kappa shape index (κ3) is 2.25. The van der Waals surface area contributed by atoms with Gasteiger partial charge in [-0.05, 0) is 35.9 Å². The molecule has 0 spiro atoms. The zero-order chi connectivity index (χ0) is 10.8. The molecule has 0 heterocycles. The summed E-state index contributed by atoms with van der Waals surface area (Å²) in [6.07, 6.45) is 0. The van der Waals surface area contributed by atoms with Crippen molar-refractivity contribution >= 4 is 23.2 Å². The molecule has 0 saturated heterocycles. The molecule has 2 aromatic rings. The van der Waals surface area contributed by atoms with Crippen molar-refractivity contribution in [2.45, 2.75) is 0 Å². The largest absolute Gasteiger partial charge is 0.289 e. The number of rotatable bonds is 1. The van der Waals surface area contributed by atoms with Crippen LogP contribution in [0.5, 0.6) is 5.75 Å². The molecular weight excluding hydrogens is 231 g/mol. The maximum atomic E-state index is 11.6. The fourth-order valence-corrected chi connectivity index (χ4v) is 1.75. The normalized spacial score (nSPS) is 10.3. The molecule has 75 valence electrons. The molecule has 0 saturated carbocycles. The summed E-state index contributed by atoms with van der Waals surface area (Å²) in [5.41, 5.74) is 1.36. The SMILES string of the molecule is [O]c1ccc(Cl)cc1-c1cccc(Cl)c1. The number of benzene rings is 2. The van der Waals surface area contributed by atoms with Crippen molar-refractivity contribution in [1.82, 2.24) is 0 Å². The monoisotopic (exact) mass is 237 g/mol. The van der Waals surface area contributed by atoms with Gasteiger partial charge in [-0.1, -0.05) is 35.3 Å². The smallest absolute Gasteiger partial charge is 0.186 e. The second-order valence-corrected chi connectivity index (χ2v) is 4.02.